The summed E-state index contributed by atoms with van der Waals surface area (Å²) in [6.07, 6.45) is 1.94. The van der Waals surface area contributed by atoms with Gasteiger partial charge in [0, 0.05) is 21.6 Å². The molecule has 4 heteroatoms. The lowest BCUT2D eigenvalue weighted by Gasteiger charge is -2.06. The van der Waals surface area contributed by atoms with Crippen LogP contribution in [0, 0.1) is 0 Å². The lowest BCUT2D eigenvalue weighted by molar-refractivity contribution is 1.46. The third-order valence-corrected chi connectivity index (χ3v) is 3.61. The van der Waals surface area contributed by atoms with E-state index in [4.69, 9.17) is 11.6 Å². The topological polar surface area (TPSA) is 27.8 Å². The number of fused-ring (bicyclic) bond motifs is 1. The Morgan fingerprint density at radius 3 is 2.72 bits per heavy atom. The fourth-order valence-corrected chi connectivity index (χ4v) is 2.45. The van der Waals surface area contributed by atoms with Crippen molar-refractivity contribution >= 4 is 49.8 Å². The molecule has 90 valence electrons. The van der Waals surface area contributed by atoms with E-state index in [9.17, 15) is 0 Å². The smallest absolute Gasteiger partial charge is 0.0642 e. The van der Waals surface area contributed by atoms with Crippen LogP contribution in [0.1, 0.15) is 0 Å². The lowest BCUT2D eigenvalue weighted by Crippen LogP contribution is -1.89. The Bertz CT molecular complexity index is 706. The number of para-hydroxylation sites is 1. The van der Waals surface area contributed by atoms with Gasteiger partial charge in [-0.25, -0.2) is 0 Å². The number of hydrogen-bond donors (Lipinski definition) is 2. The first kappa shape index (κ1) is 11.6. The number of nitrogens with one attached hydrogen (secondary N) is 2. The van der Waals surface area contributed by atoms with Gasteiger partial charge in [0.1, 0.15) is 0 Å². The highest BCUT2D eigenvalue weighted by Crippen LogP contribution is 2.31. The molecular weight excluding hydrogens is 312 g/mol. The van der Waals surface area contributed by atoms with Gasteiger partial charge in [-0.05, 0) is 30.3 Å². The van der Waals surface area contributed by atoms with Crippen LogP contribution < -0.4 is 5.32 Å². The van der Waals surface area contributed by atoms with Crippen molar-refractivity contribution < 1.29 is 0 Å². The third kappa shape index (κ3) is 2.11. The van der Waals surface area contributed by atoms with Crippen molar-refractivity contribution in [2.75, 3.05) is 5.32 Å². The Hall–Kier alpha value is -1.45. The van der Waals surface area contributed by atoms with E-state index in [1.807, 2.05) is 42.6 Å². The number of H-pyrrole nitrogens is 1. The number of rotatable bonds is 2. The molecular formula is C14H10BrClN2. The molecule has 3 aromatic rings. The number of halogens is 2. The Kier molecular flexibility index (Phi) is 3.02. The summed E-state index contributed by atoms with van der Waals surface area (Å²) < 4.78 is 1.05. The Morgan fingerprint density at radius 2 is 1.89 bits per heavy atom. The summed E-state index contributed by atoms with van der Waals surface area (Å²) in [5, 5.41) is 5.18. The molecule has 1 aromatic heterocycles. The highest BCUT2D eigenvalue weighted by molar-refractivity contribution is 9.10. The van der Waals surface area contributed by atoms with Gasteiger partial charge in [-0.15, -0.1) is 0 Å². The molecule has 0 fully saturated rings. The summed E-state index contributed by atoms with van der Waals surface area (Å²) >= 11 is 9.63. The van der Waals surface area contributed by atoms with Gasteiger partial charge in [0.05, 0.1) is 16.4 Å². The van der Waals surface area contributed by atoms with Gasteiger partial charge < -0.3 is 10.3 Å². The van der Waals surface area contributed by atoms with E-state index in [0.717, 1.165) is 26.8 Å². The monoisotopic (exact) mass is 320 g/mol. The summed E-state index contributed by atoms with van der Waals surface area (Å²) in [4.78, 5) is 3.23. The minimum atomic E-state index is 0.710. The molecule has 0 atom stereocenters. The van der Waals surface area contributed by atoms with Gasteiger partial charge in [-0.3, -0.25) is 0 Å². The zero-order valence-electron chi connectivity index (χ0n) is 9.37. The Morgan fingerprint density at radius 1 is 1.06 bits per heavy atom. The summed E-state index contributed by atoms with van der Waals surface area (Å²) in [6, 6.07) is 13.8. The average Bonchev–Trinajstić information content (AvgIpc) is 2.75. The van der Waals surface area contributed by atoms with Crippen molar-refractivity contribution in [3.63, 3.8) is 0 Å². The van der Waals surface area contributed by atoms with Crippen LogP contribution in [0.4, 0.5) is 11.4 Å². The van der Waals surface area contributed by atoms with Crippen LogP contribution in [0.2, 0.25) is 5.02 Å². The average molecular weight is 322 g/mol. The molecule has 0 saturated carbocycles. The van der Waals surface area contributed by atoms with Gasteiger partial charge in [0.25, 0.3) is 0 Å². The normalized spacial score (nSPS) is 10.8. The molecule has 2 N–H and O–H groups in total. The van der Waals surface area contributed by atoms with Crippen LogP contribution in [-0.4, -0.2) is 4.98 Å². The van der Waals surface area contributed by atoms with Gasteiger partial charge in [-0.1, -0.05) is 39.7 Å². The van der Waals surface area contributed by atoms with E-state index < -0.39 is 0 Å². The number of aromatic nitrogens is 1. The van der Waals surface area contributed by atoms with Gasteiger partial charge in [-0.2, -0.15) is 0 Å². The van der Waals surface area contributed by atoms with Crippen LogP contribution in [-0.2, 0) is 0 Å². The van der Waals surface area contributed by atoms with Crippen LogP contribution in [0.15, 0.2) is 53.1 Å². The molecule has 2 nitrogen and oxygen atoms in total. The van der Waals surface area contributed by atoms with E-state index in [1.54, 1.807) is 0 Å². The largest absolute Gasteiger partial charge is 0.359 e. The SMILES string of the molecule is Clc1ccccc1Nc1c[nH]c2ccc(Br)cc12. The molecule has 0 aliphatic heterocycles. The van der Waals surface area contributed by atoms with Crippen molar-refractivity contribution in [3.8, 4) is 0 Å². The van der Waals surface area contributed by atoms with Gasteiger partial charge >= 0.3 is 0 Å². The molecule has 0 unspecified atom stereocenters. The maximum atomic E-state index is 6.14. The number of anilines is 2. The maximum absolute atomic E-state index is 6.14. The van der Waals surface area contributed by atoms with Crippen molar-refractivity contribution in [2.45, 2.75) is 0 Å². The van der Waals surface area contributed by atoms with Crippen LogP contribution in [0.3, 0.4) is 0 Å². The predicted octanol–water partition coefficient (Wildman–Crippen LogP) is 5.33. The Labute approximate surface area is 118 Å². The molecule has 1 heterocycles. The molecule has 0 saturated heterocycles. The molecule has 0 spiro atoms. The Balaban J connectivity index is 2.05. The quantitative estimate of drug-likeness (QED) is 0.656. The molecule has 0 radical (unpaired) electrons. The zero-order chi connectivity index (χ0) is 12.5. The number of benzene rings is 2. The molecule has 2 aromatic carbocycles. The summed E-state index contributed by atoms with van der Waals surface area (Å²) in [5.41, 5.74) is 3.01. The second-order valence-corrected chi connectivity index (χ2v) is 5.32. The first-order chi connectivity index (χ1) is 8.74. The van der Waals surface area contributed by atoms with Crippen molar-refractivity contribution in [1.29, 1.82) is 0 Å². The summed E-state index contributed by atoms with van der Waals surface area (Å²) in [5.74, 6) is 0. The predicted molar refractivity (Wildman–Crippen MR) is 80.7 cm³/mol. The van der Waals surface area contributed by atoms with Gasteiger partial charge in [0.2, 0.25) is 0 Å². The van der Waals surface area contributed by atoms with E-state index in [1.165, 1.54) is 0 Å². The van der Waals surface area contributed by atoms with Crippen molar-refractivity contribution in [1.82, 2.24) is 4.98 Å². The van der Waals surface area contributed by atoms with E-state index in [-0.39, 0.29) is 0 Å². The maximum Gasteiger partial charge on any atom is 0.0642 e. The molecule has 18 heavy (non-hydrogen) atoms. The molecule has 0 aliphatic carbocycles. The standard InChI is InChI=1S/C14H10BrClN2/c15-9-5-6-12-10(7-9)14(8-17-12)18-13-4-2-1-3-11(13)16/h1-8,17-18H. The van der Waals surface area contributed by atoms with Gasteiger partial charge in [0.15, 0.2) is 0 Å². The highest BCUT2D eigenvalue weighted by Gasteiger charge is 2.06. The summed E-state index contributed by atoms with van der Waals surface area (Å²) in [6.45, 7) is 0. The first-order valence-electron chi connectivity index (χ1n) is 5.52. The second-order valence-electron chi connectivity index (χ2n) is 4.00. The number of aromatic amines is 1. The fourth-order valence-electron chi connectivity index (χ4n) is 1.90. The lowest BCUT2D eigenvalue weighted by atomic mass is 10.2. The molecule has 3 rings (SSSR count). The van der Waals surface area contributed by atoms with Crippen LogP contribution >= 0.6 is 27.5 Å². The van der Waals surface area contributed by atoms with E-state index in [2.05, 4.69) is 32.3 Å². The zero-order valence-corrected chi connectivity index (χ0v) is 11.7. The molecule has 0 bridgehead atoms. The van der Waals surface area contributed by atoms with Crippen molar-refractivity contribution in [2.24, 2.45) is 0 Å². The fraction of sp³-hybridized carbons (Fsp3) is 0. The third-order valence-electron chi connectivity index (χ3n) is 2.79. The minimum Gasteiger partial charge on any atom is -0.359 e. The minimum absolute atomic E-state index is 0.710. The first-order valence-corrected chi connectivity index (χ1v) is 6.69. The second kappa shape index (κ2) is 4.67. The van der Waals surface area contributed by atoms with Crippen molar-refractivity contribution in [3.05, 3.63) is 58.2 Å². The number of hydrogen-bond acceptors (Lipinski definition) is 1. The van der Waals surface area contributed by atoms with Crippen LogP contribution in [0.25, 0.3) is 10.9 Å². The molecule has 0 aliphatic rings. The van der Waals surface area contributed by atoms with E-state index >= 15 is 0 Å². The van der Waals surface area contributed by atoms with E-state index in [0.29, 0.717) is 5.02 Å². The molecule has 0 amide bonds. The summed E-state index contributed by atoms with van der Waals surface area (Å²) in [7, 11) is 0. The van der Waals surface area contributed by atoms with Crippen LogP contribution in [0.5, 0.6) is 0 Å². The highest BCUT2D eigenvalue weighted by atomic mass is 79.9.